The smallest absolute Gasteiger partial charge is 0.252 e. The highest BCUT2D eigenvalue weighted by molar-refractivity contribution is 5.80. The molecule has 1 aromatic rings. The maximum Gasteiger partial charge on any atom is 0.252 e. The average Bonchev–Trinajstić information content (AvgIpc) is 3.02. The highest BCUT2D eigenvalue weighted by Gasteiger charge is 2.42. The van der Waals surface area contributed by atoms with Gasteiger partial charge in [-0.25, -0.2) is 18.2 Å². The molecule has 2 unspecified atom stereocenters. The van der Waals surface area contributed by atoms with Crippen molar-refractivity contribution in [3.63, 3.8) is 0 Å². The van der Waals surface area contributed by atoms with Crippen molar-refractivity contribution in [3.05, 3.63) is 35.4 Å². The summed E-state index contributed by atoms with van der Waals surface area (Å²) in [6, 6.07) is 2.39. The minimum Gasteiger partial charge on any atom is -0.340 e. The van der Waals surface area contributed by atoms with Gasteiger partial charge in [-0.3, -0.25) is 14.4 Å². The van der Waals surface area contributed by atoms with E-state index in [2.05, 4.69) is 0 Å². The summed E-state index contributed by atoms with van der Waals surface area (Å²) >= 11 is 0. The molecular weight excluding hydrogens is 337 g/mol. The Labute approximate surface area is 143 Å². The fourth-order valence-corrected chi connectivity index (χ4v) is 3.39. The molecule has 2 saturated heterocycles. The Morgan fingerprint density at radius 1 is 1.16 bits per heavy atom. The van der Waals surface area contributed by atoms with Gasteiger partial charge in [-0.1, -0.05) is 0 Å². The Morgan fingerprint density at radius 2 is 1.84 bits per heavy atom. The minimum absolute atomic E-state index is 0.140. The molecule has 0 radical (unpaired) electrons. The van der Waals surface area contributed by atoms with Gasteiger partial charge in [-0.05, 0) is 24.1 Å². The quantitative estimate of drug-likeness (QED) is 0.818. The van der Waals surface area contributed by atoms with Crippen molar-refractivity contribution in [3.8, 4) is 0 Å². The van der Waals surface area contributed by atoms with Crippen LogP contribution >= 0.6 is 0 Å². The third-order valence-electron chi connectivity index (χ3n) is 4.70. The zero-order valence-electron chi connectivity index (χ0n) is 13.8. The van der Waals surface area contributed by atoms with Crippen LogP contribution in [0, 0.1) is 17.6 Å². The van der Waals surface area contributed by atoms with E-state index in [1.54, 1.807) is 0 Å². The number of hydrogen-bond donors (Lipinski definition) is 0. The molecule has 0 aliphatic carbocycles. The van der Waals surface area contributed by atoms with Gasteiger partial charge in [0.25, 0.3) is 5.91 Å². The average molecular weight is 356 g/mol. The lowest BCUT2D eigenvalue weighted by molar-refractivity contribution is -0.186. The van der Waals surface area contributed by atoms with Crippen LogP contribution in [0.25, 0.3) is 0 Å². The molecule has 3 rings (SSSR count). The third-order valence-corrected chi connectivity index (χ3v) is 4.70. The van der Waals surface area contributed by atoms with Crippen LogP contribution in [0.15, 0.2) is 18.2 Å². The second-order valence-corrected chi connectivity index (χ2v) is 6.38. The van der Waals surface area contributed by atoms with E-state index in [1.807, 2.05) is 0 Å². The van der Waals surface area contributed by atoms with E-state index in [0.29, 0.717) is 13.0 Å². The van der Waals surface area contributed by atoms with Crippen molar-refractivity contribution in [2.24, 2.45) is 5.92 Å². The number of likely N-dealkylation sites (tertiary alicyclic amines) is 1. The van der Waals surface area contributed by atoms with Crippen LogP contribution in [0.1, 0.15) is 31.4 Å². The predicted molar refractivity (Wildman–Crippen MR) is 81.8 cm³/mol. The number of hydroxylamine groups is 2. The molecule has 2 amide bonds. The number of carbonyl (C=O) groups excluding carboxylic acids is 2. The second-order valence-electron chi connectivity index (χ2n) is 6.38. The number of rotatable bonds is 2. The maximum absolute atomic E-state index is 14.4. The van der Waals surface area contributed by atoms with Crippen molar-refractivity contribution in [2.45, 2.75) is 32.0 Å². The molecule has 25 heavy (non-hydrogen) atoms. The maximum atomic E-state index is 14.4. The number of piperidine rings is 1. The Morgan fingerprint density at radius 3 is 2.44 bits per heavy atom. The Hall–Kier alpha value is -2.09. The van der Waals surface area contributed by atoms with Crippen LogP contribution in [0.5, 0.6) is 0 Å². The molecule has 0 bridgehead atoms. The van der Waals surface area contributed by atoms with Gasteiger partial charge in [-0.15, -0.1) is 0 Å². The van der Waals surface area contributed by atoms with Crippen LogP contribution < -0.4 is 0 Å². The summed E-state index contributed by atoms with van der Waals surface area (Å²) in [4.78, 5) is 30.7. The zero-order chi connectivity index (χ0) is 18.1. The number of nitrogens with zero attached hydrogens (tertiary/aromatic N) is 2. The summed E-state index contributed by atoms with van der Waals surface area (Å²) in [5.41, 5.74) is 0.278. The predicted octanol–water partition coefficient (Wildman–Crippen LogP) is 2.38. The second kappa shape index (κ2) is 7.03. The summed E-state index contributed by atoms with van der Waals surface area (Å²) < 4.78 is 41.3. The number of carbonyl (C=O) groups is 2. The van der Waals surface area contributed by atoms with Gasteiger partial charge < -0.3 is 4.90 Å². The lowest BCUT2D eigenvalue weighted by atomic mass is 9.93. The summed E-state index contributed by atoms with van der Waals surface area (Å²) in [7, 11) is 0. The highest BCUT2D eigenvalue weighted by Crippen LogP contribution is 2.34. The number of benzene rings is 1. The number of amides is 2. The minimum atomic E-state index is -1.50. The third kappa shape index (κ3) is 3.63. The Balaban J connectivity index is 1.76. The monoisotopic (exact) mass is 356 g/mol. The van der Waals surface area contributed by atoms with Gasteiger partial charge in [0.15, 0.2) is 0 Å². The Bertz CT molecular complexity index is 665. The number of alkyl halides is 1. The molecule has 0 N–H and O–H groups in total. The lowest BCUT2D eigenvalue weighted by Gasteiger charge is -2.35. The van der Waals surface area contributed by atoms with Crippen LogP contribution in [-0.4, -0.2) is 47.6 Å². The first kappa shape index (κ1) is 17.7. The molecule has 5 nitrogen and oxygen atoms in total. The number of hydrogen-bond acceptors (Lipinski definition) is 3. The molecular formula is C17H19F3N2O3. The fraction of sp³-hybridized carbons (Fsp3) is 0.529. The first-order valence-electron chi connectivity index (χ1n) is 8.18. The molecule has 0 aromatic heterocycles. The molecule has 8 heteroatoms. The van der Waals surface area contributed by atoms with E-state index in [9.17, 15) is 22.8 Å². The molecule has 2 heterocycles. The summed E-state index contributed by atoms with van der Waals surface area (Å²) in [6.45, 7) is 1.71. The molecule has 0 saturated carbocycles. The molecule has 2 fully saturated rings. The van der Waals surface area contributed by atoms with Crippen LogP contribution in [-0.2, 0) is 14.4 Å². The molecule has 136 valence electrons. The van der Waals surface area contributed by atoms with E-state index in [0.717, 1.165) is 23.3 Å². The largest absolute Gasteiger partial charge is 0.340 e. The molecule has 0 spiro atoms. The van der Waals surface area contributed by atoms with E-state index in [4.69, 9.17) is 4.84 Å². The van der Waals surface area contributed by atoms with Gasteiger partial charge in [0.1, 0.15) is 17.8 Å². The van der Waals surface area contributed by atoms with Crippen molar-refractivity contribution < 1.29 is 27.6 Å². The van der Waals surface area contributed by atoms with Crippen molar-refractivity contribution in [1.29, 1.82) is 0 Å². The van der Waals surface area contributed by atoms with Gasteiger partial charge in [0.2, 0.25) is 5.91 Å². The van der Waals surface area contributed by atoms with Crippen LogP contribution in [0.4, 0.5) is 13.2 Å². The van der Waals surface area contributed by atoms with E-state index < -0.39 is 35.7 Å². The van der Waals surface area contributed by atoms with Crippen LogP contribution in [0.2, 0.25) is 0 Å². The topological polar surface area (TPSA) is 49.9 Å². The Kier molecular flexibility index (Phi) is 4.99. The summed E-state index contributed by atoms with van der Waals surface area (Å²) in [6.07, 6.45) is -0.944. The summed E-state index contributed by atoms with van der Waals surface area (Å²) in [5, 5.41) is 1.04. The zero-order valence-corrected chi connectivity index (χ0v) is 13.8. The normalized spacial score (nSPS) is 26.8. The standard InChI is InChI=1S/C17H19F3N2O3/c1-10(23)21-4-2-14(15(20)9-21)17(24)22-16(3-5-25-22)11-6-12(18)8-13(19)7-11/h6-8,14-16H,2-5,9H2,1H3/t14?,15-,16?/m0/s1. The first-order chi connectivity index (χ1) is 11.9. The van der Waals surface area contributed by atoms with Gasteiger partial charge in [0, 0.05) is 26.0 Å². The van der Waals surface area contributed by atoms with Crippen molar-refractivity contribution >= 4 is 11.8 Å². The highest BCUT2D eigenvalue weighted by atomic mass is 19.1. The van der Waals surface area contributed by atoms with Crippen molar-refractivity contribution in [1.82, 2.24) is 9.96 Å². The van der Waals surface area contributed by atoms with E-state index in [1.165, 1.54) is 11.8 Å². The molecule has 2 aliphatic rings. The van der Waals surface area contributed by atoms with Gasteiger partial charge >= 0.3 is 0 Å². The fourth-order valence-electron chi connectivity index (χ4n) is 3.39. The van der Waals surface area contributed by atoms with Crippen LogP contribution in [0.3, 0.4) is 0 Å². The van der Waals surface area contributed by atoms with Gasteiger partial charge in [0.05, 0.1) is 25.1 Å². The van der Waals surface area contributed by atoms with E-state index >= 15 is 0 Å². The molecule has 1 aromatic carbocycles. The molecule has 3 atom stereocenters. The summed E-state index contributed by atoms with van der Waals surface area (Å²) in [5.74, 6) is -3.21. The van der Waals surface area contributed by atoms with Crippen molar-refractivity contribution in [2.75, 3.05) is 19.7 Å². The number of halogens is 3. The lowest BCUT2D eigenvalue weighted by Crippen LogP contribution is -2.49. The first-order valence-corrected chi connectivity index (χ1v) is 8.18. The van der Waals surface area contributed by atoms with Gasteiger partial charge in [-0.2, -0.15) is 0 Å². The molecule has 2 aliphatic heterocycles. The SMILES string of the molecule is CC(=O)N1CCC(C(=O)N2OCCC2c2cc(F)cc(F)c2)[C@@H](F)C1. The van der Waals surface area contributed by atoms with E-state index in [-0.39, 0.29) is 31.0 Å².